The lowest BCUT2D eigenvalue weighted by molar-refractivity contribution is 0.0728. The fourth-order valence-corrected chi connectivity index (χ4v) is 3.35. The summed E-state index contributed by atoms with van der Waals surface area (Å²) in [6.45, 7) is 2.27. The minimum Gasteiger partial charge on any atom is -0.360 e. The lowest BCUT2D eigenvalue weighted by Gasteiger charge is -2.26. The van der Waals surface area contributed by atoms with Crippen molar-refractivity contribution in [1.29, 1.82) is 0 Å². The van der Waals surface area contributed by atoms with Crippen LogP contribution in [0.15, 0.2) is 60.8 Å². The second-order valence-electron chi connectivity index (χ2n) is 6.51. The Morgan fingerprint density at radius 2 is 1.96 bits per heavy atom. The van der Waals surface area contributed by atoms with Gasteiger partial charge in [-0.25, -0.2) is 4.39 Å². The third-order valence-electron chi connectivity index (χ3n) is 4.64. The summed E-state index contributed by atoms with van der Waals surface area (Å²) in [4.78, 5) is 19.0. The number of pyridine rings is 1. The molecule has 1 aliphatic rings. The summed E-state index contributed by atoms with van der Waals surface area (Å²) in [7, 11) is 0. The molecule has 0 saturated carbocycles. The summed E-state index contributed by atoms with van der Waals surface area (Å²) >= 11 is 6.24. The Morgan fingerprint density at radius 3 is 2.70 bits per heavy atom. The molecule has 1 N–H and O–H groups in total. The van der Waals surface area contributed by atoms with E-state index in [1.54, 1.807) is 35.4 Å². The van der Waals surface area contributed by atoms with Crippen LogP contribution in [0.5, 0.6) is 0 Å². The monoisotopic (exact) mass is 381 g/mol. The minimum absolute atomic E-state index is 0.113. The maximum absolute atomic E-state index is 13.2. The van der Waals surface area contributed by atoms with Gasteiger partial charge in [0.05, 0.1) is 11.3 Å². The molecule has 2 aromatic carbocycles. The van der Waals surface area contributed by atoms with Crippen LogP contribution in [-0.2, 0) is 6.54 Å². The zero-order valence-corrected chi connectivity index (χ0v) is 15.4. The molecule has 0 spiro atoms. The van der Waals surface area contributed by atoms with Gasteiger partial charge in [0.2, 0.25) is 0 Å². The zero-order chi connectivity index (χ0) is 19.0. The Balaban J connectivity index is 1.68. The second kappa shape index (κ2) is 7.00. The highest BCUT2D eigenvalue weighted by atomic mass is 35.5. The number of carbonyl (C=O) groups is 1. The lowest BCUT2D eigenvalue weighted by Crippen LogP contribution is -2.32. The van der Waals surface area contributed by atoms with Crippen molar-refractivity contribution in [2.24, 2.45) is 0 Å². The molecule has 0 fully saturated rings. The maximum atomic E-state index is 13.2. The number of aromatic nitrogens is 1. The summed E-state index contributed by atoms with van der Waals surface area (Å²) < 4.78 is 13.2. The largest absolute Gasteiger partial charge is 0.360 e. The Hall–Kier alpha value is -2.92. The van der Waals surface area contributed by atoms with Crippen LogP contribution in [0.2, 0.25) is 5.02 Å². The number of amides is 1. The van der Waals surface area contributed by atoms with E-state index < -0.39 is 6.17 Å². The molecular weight excluding hydrogens is 365 g/mol. The molecule has 27 heavy (non-hydrogen) atoms. The van der Waals surface area contributed by atoms with Crippen molar-refractivity contribution in [2.75, 3.05) is 5.32 Å². The van der Waals surface area contributed by atoms with Gasteiger partial charge in [0.25, 0.3) is 5.91 Å². The van der Waals surface area contributed by atoms with Gasteiger partial charge in [0.1, 0.15) is 12.0 Å². The molecule has 1 aliphatic heterocycles. The predicted octanol–water partition coefficient (Wildman–Crippen LogP) is 4.95. The van der Waals surface area contributed by atoms with Gasteiger partial charge in [-0.1, -0.05) is 29.8 Å². The van der Waals surface area contributed by atoms with E-state index in [4.69, 9.17) is 11.6 Å². The number of rotatable bonds is 4. The van der Waals surface area contributed by atoms with Crippen LogP contribution in [-0.4, -0.2) is 15.8 Å². The van der Waals surface area contributed by atoms with Crippen molar-refractivity contribution in [3.63, 3.8) is 0 Å². The number of nitrogens with zero attached hydrogens (tertiary/aromatic N) is 2. The molecule has 1 amide bonds. The average Bonchev–Trinajstić information content (AvgIpc) is 2.92. The van der Waals surface area contributed by atoms with Gasteiger partial charge in [0.15, 0.2) is 0 Å². The number of aryl methyl sites for hydroxylation is 1. The van der Waals surface area contributed by atoms with Crippen LogP contribution >= 0.6 is 11.6 Å². The van der Waals surface area contributed by atoms with Crippen LogP contribution in [0.25, 0.3) is 0 Å². The molecule has 4 nitrogen and oxygen atoms in total. The fraction of sp³-hybridized carbons (Fsp3) is 0.143. The molecule has 4 rings (SSSR count). The van der Waals surface area contributed by atoms with E-state index in [2.05, 4.69) is 10.3 Å². The Bertz CT molecular complexity index is 1010. The van der Waals surface area contributed by atoms with Crippen molar-refractivity contribution in [3.05, 3.63) is 94.0 Å². The van der Waals surface area contributed by atoms with E-state index in [-0.39, 0.29) is 11.7 Å². The number of carbonyl (C=O) groups excluding carboxylic acids is 1. The van der Waals surface area contributed by atoms with Crippen molar-refractivity contribution in [3.8, 4) is 0 Å². The molecule has 0 bridgehead atoms. The molecule has 1 atom stereocenters. The smallest absolute Gasteiger partial charge is 0.258 e. The quantitative estimate of drug-likeness (QED) is 0.695. The first kappa shape index (κ1) is 17.5. The maximum Gasteiger partial charge on any atom is 0.258 e. The molecule has 3 aromatic rings. The van der Waals surface area contributed by atoms with Crippen LogP contribution < -0.4 is 5.32 Å². The summed E-state index contributed by atoms with van der Waals surface area (Å²) in [5.41, 5.74) is 3.85. The fourth-order valence-electron chi connectivity index (χ4n) is 3.17. The number of hydrogen-bond donors (Lipinski definition) is 1. The van der Waals surface area contributed by atoms with E-state index >= 15 is 0 Å². The van der Waals surface area contributed by atoms with E-state index in [0.717, 1.165) is 16.8 Å². The summed E-state index contributed by atoms with van der Waals surface area (Å²) in [5.74, 6) is -0.418. The highest BCUT2D eigenvalue weighted by Crippen LogP contribution is 2.34. The van der Waals surface area contributed by atoms with Gasteiger partial charge in [-0.2, -0.15) is 0 Å². The standard InChI is InChI=1S/C21H17ClFN3O/c1-13-4-9-16(11-18(13)22)25-20-19-17(3-2-10-24-19)21(27)26(20)12-14-5-7-15(23)8-6-14/h2-11,20,25H,12H2,1H3. The van der Waals surface area contributed by atoms with Crippen LogP contribution in [0.3, 0.4) is 0 Å². The van der Waals surface area contributed by atoms with Gasteiger partial charge in [-0.05, 0) is 54.4 Å². The topological polar surface area (TPSA) is 45.2 Å². The van der Waals surface area contributed by atoms with Gasteiger partial charge in [-0.15, -0.1) is 0 Å². The van der Waals surface area contributed by atoms with E-state index in [1.807, 2.05) is 25.1 Å². The van der Waals surface area contributed by atoms with Gasteiger partial charge in [-0.3, -0.25) is 9.78 Å². The zero-order valence-electron chi connectivity index (χ0n) is 14.6. The van der Waals surface area contributed by atoms with Gasteiger partial charge < -0.3 is 10.2 Å². The molecule has 1 unspecified atom stereocenters. The molecule has 2 heterocycles. The number of hydrogen-bond acceptors (Lipinski definition) is 3. The van der Waals surface area contributed by atoms with Gasteiger partial charge >= 0.3 is 0 Å². The molecule has 1 aromatic heterocycles. The first-order chi connectivity index (χ1) is 13.0. The highest BCUT2D eigenvalue weighted by Gasteiger charge is 2.37. The van der Waals surface area contributed by atoms with Crippen molar-refractivity contribution < 1.29 is 9.18 Å². The Kier molecular flexibility index (Phi) is 4.54. The second-order valence-corrected chi connectivity index (χ2v) is 6.91. The van der Waals surface area contributed by atoms with Crippen molar-refractivity contribution in [1.82, 2.24) is 9.88 Å². The summed E-state index contributed by atoms with van der Waals surface area (Å²) in [6, 6.07) is 15.3. The molecule has 0 saturated heterocycles. The first-order valence-corrected chi connectivity index (χ1v) is 8.94. The summed E-state index contributed by atoms with van der Waals surface area (Å²) in [6.07, 6.45) is 1.24. The van der Waals surface area contributed by atoms with Crippen molar-refractivity contribution >= 4 is 23.2 Å². The lowest BCUT2D eigenvalue weighted by atomic mass is 10.2. The minimum atomic E-state index is -0.433. The third kappa shape index (κ3) is 3.38. The SMILES string of the molecule is Cc1ccc(NC2c3ncccc3C(=O)N2Cc2ccc(F)cc2)cc1Cl. The Morgan fingerprint density at radius 1 is 1.19 bits per heavy atom. The molecule has 0 aliphatic carbocycles. The van der Waals surface area contributed by atoms with Crippen LogP contribution in [0, 0.1) is 12.7 Å². The van der Waals surface area contributed by atoms with Crippen LogP contribution in [0.1, 0.15) is 33.3 Å². The number of halogens is 2. The number of benzene rings is 2. The van der Waals surface area contributed by atoms with E-state index in [0.29, 0.717) is 22.8 Å². The van der Waals surface area contributed by atoms with Gasteiger partial charge in [0, 0.05) is 23.5 Å². The normalized spacial score (nSPS) is 15.7. The molecule has 136 valence electrons. The highest BCUT2D eigenvalue weighted by molar-refractivity contribution is 6.31. The summed E-state index contributed by atoms with van der Waals surface area (Å²) in [5, 5.41) is 4.01. The molecule has 6 heteroatoms. The third-order valence-corrected chi connectivity index (χ3v) is 5.05. The van der Waals surface area contributed by atoms with E-state index in [9.17, 15) is 9.18 Å². The number of nitrogens with one attached hydrogen (secondary N) is 1. The number of anilines is 1. The Labute approximate surface area is 161 Å². The van der Waals surface area contributed by atoms with Crippen molar-refractivity contribution in [2.45, 2.75) is 19.6 Å². The molecular formula is C21H17ClFN3O. The molecule has 0 radical (unpaired) electrons. The average molecular weight is 382 g/mol. The van der Waals surface area contributed by atoms with Crippen LogP contribution in [0.4, 0.5) is 10.1 Å². The first-order valence-electron chi connectivity index (χ1n) is 8.56. The number of fused-ring (bicyclic) bond motifs is 1. The van der Waals surface area contributed by atoms with E-state index in [1.165, 1.54) is 12.1 Å². The predicted molar refractivity (Wildman–Crippen MR) is 103 cm³/mol.